The SMILES string of the molecule is CNCCCN(C)Cc1coc2cc(-c3ccc(C)cc3)c(-c3ccc(C#N)cc3)cc12. The number of fused-ring (bicyclic) bond motifs is 1. The van der Waals surface area contributed by atoms with Gasteiger partial charge >= 0.3 is 0 Å². The first-order chi connectivity index (χ1) is 15.6. The van der Waals surface area contributed by atoms with E-state index in [1.54, 1.807) is 0 Å². The molecule has 0 fully saturated rings. The van der Waals surface area contributed by atoms with Gasteiger partial charge in [-0.25, -0.2) is 0 Å². The third-order valence-electron chi connectivity index (χ3n) is 5.89. The van der Waals surface area contributed by atoms with Crippen LogP contribution in [0.1, 0.15) is 23.1 Å². The summed E-state index contributed by atoms with van der Waals surface area (Å²) in [6.45, 7) is 4.98. The molecule has 1 heterocycles. The van der Waals surface area contributed by atoms with Crippen molar-refractivity contribution in [1.29, 1.82) is 5.26 Å². The molecule has 1 aromatic heterocycles. The number of nitrogens with one attached hydrogen (secondary N) is 1. The number of hydrogen-bond donors (Lipinski definition) is 1. The lowest BCUT2D eigenvalue weighted by Crippen LogP contribution is -2.22. The van der Waals surface area contributed by atoms with Crippen molar-refractivity contribution in [1.82, 2.24) is 10.2 Å². The van der Waals surface area contributed by atoms with Crippen molar-refractivity contribution in [3.8, 4) is 28.3 Å². The Kier molecular flexibility index (Phi) is 6.70. The maximum Gasteiger partial charge on any atom is 0.134 e. The quantitative estimate of drug-likeness (QED) is 0.354. The fourth-order valence-corrected chi connectivity index (χ4v) is 4.08. The highest BCUT2D eigenvalue weighted by atomic mass is 16.3. The van der Waals surface area contributed by atoms with E-state index in [-0.39, 0.29) is 0 Å². The normalized spacial score (nSPS) is 11.2. The molecule has 4 aromatic rings. The van der Waals surface area contributed by atoms with Gasteiger partial charge in [0.2, 0.25) is 0 Å². The summed E-state index contributed by atoms with van der Waals surface area (Å²) in [6, 6.07) is 23.0. The second-order valence-electron chi connectivity index (χ2n) is 8.40. The number of hydrogen-bond acceptors (Lipinski definition) is 4. The number of furan rings is 1. The predicted molar refractivity (Wildman–Crippen MR) is 131 cm³/mol. The van der Waals surface area contributed by atoms with Gasteiger partial charge in [0.15, 0.2) is 0 Å². The molecule has 4 rings (SSSR count). The Balaban J connectivity index is 1.78. The highest BCUT2D eigenvalue weighted by Gasteiger charge is 2.15. The van der Waals surface area contributed by atoms with Crippen LogP contribution in [-0.2, 0) is 6.54 Å². The number of nitriles is 1. The molecule has 0 radical (unpaired) electrons. The topological polar surface area (TPSA) is 52.2 Å². The zero-order valence-electron chi connectivity index (χ0n) is 19.0. The van der Waals surface area contributed by atoms with Gasteiger partial charge in [0.1, 0.15) is 5.58 Å². The zero-order chi connectivity index (χ0) is 22.5. The van der Waals surface area contributed by atoms with Crippen LogP contribution in [0, 0.1) is 18.3 Å². The Morgan fingerprint density at radius 1 is 0.969 bits per heavy atom. The second kappa shape index (κ2) is 9.82. The van der Waals surface area contributed by atoms with Crippen molar-refractivity contribution in [3.05, 3.63) is 83.6 Å². The minimum atomic E-state index is 0.666. The number of aryl methyl sites for hydroxylation is 1. The molecule has 0 amide bonds. The van der Waals surface area contributed by atoms with Gasteiger partial charge in [-0.1, -0.05) is 42.0 Å². The van der Waals surface area contributed by atoms with E-state index in [0.717, 1.165) is 59.3 Å². The minimum Gasteiger partial charge on any atom is -0.464 e. The molecule has 0 aliphatic heterocycles. The first-order valence-electron chi connectivity index (χ1n) is 11.0. The lowest BCUT2D eigenvalue weighted by atomic mass is 9.92. The Hall–Kier alpha value is -3.39. The number of nitrogens with zero attached hydrogens (tertiary/aromatic N) is 2. The van der Waals surface area contributed by atoms with Crippen LogP contribution >= 0.6 is 0 Å². The van der Waals surface area contributed by atoms with Crippen molar-refractivity contribution in [3.63, 3.8) is 0 Å². The lowest BCUT2D eigenvalue weighted by molar-refractivity contribution is 0.321. The van der Waals surface area contributed by atoms with Gasteiger partial charge in [-0.05, 0) is 87.0 Å². The number of rotatable bonds is 8. The van der Waals surface area contributed by atoms with E-state index in [0.29, 0.717) is 5.56 Å². The molecular formula is C28H29N3O. The van der Waals surface area contributed by atoms with E-state index in [2.05, 4.69) is 66.7 Å². The van der Waals surface area contributed by atoms with Crippen molar-refractivity contribution in [2.24, 2.45) is 0 Å². The Bertz CT molecular complexity index is 1230. The first kappa shape index (κ1) is 21.8. The summed E-state index contributed by atoms with van der Waals surface area (Å²) in [6.07, 6.45) is 3.00. The summed E-state index contributed by atoms with van der Waals surface area (Å²) in [5.74, 6) is 0. The minimum absolute atomic E-state index is 0.666. The van der Waals surface area contributed by atoms with E-state index in [1.165, 1.54) is 11.1 Å². The molecule has 0 unspecified atom stereocenters. The highest BCUT2D eigenvalue weighted by Crippen LogP contribution is 2.37. The van der Waals surface area contributed by atoms with E-state index < -0.39 is 0 Å². The van der Waals surface area contributed by atoms with Crippen molar-refractivity contribution < 1.29 is 4.42 Å². The van der Waals surface area contributed by atoms with Gasteiger partial charge in [-0.3, -0.25) is 0 Å². The van der Waals surface area contributed by atoms with E-state index in [4.69, 9.17) is 4.42 Å². The molecule has 0 bridgehead atoms. The van der Waals surface area contributed by atoms with Crippen LogP contribution in [0.25, 0.3) is 33.2 Å². The van der Waals surface area contributed by atoms with E-state index >= 15 is 0 Å². The van der Waals surface area contributed by atoms with Crippen molar-refractivity contribution in [2.45, 2.75) is 19.9 Å². The Morgan fingerprint density at radius 3 is 2.28 bits per heavy atom. The fraction of sp³-hybridized carbons (Fsp3) is 0.250. The molecule has 0 saturated carbocycles. The van der Waals surface area contributed by atoms with E-state index in [1.807, 2.05) is 37.6 Å². The highest BCUT2D eigenvalue weighted by molar-refractivity contribution is 5.95. The summed E-state index contributed by atoms with van der Waals surface area (Å²) in [5, 5.41) is 13.5. The van der Waals surface area contributed by atoms with Crippen LogP contribution in [-0.4, -0.2) is 32.1 Å². The maximum atomic E-state index is 9.20. The van der Waals surface area contributed by atoms with Gasteiger partial charge in [-0.2, -0.15) is 5.26 Å². The fourth-order valence-electron chi connectivity index (χ4n) is 4.08. The summed E-state index contributed by atoms with van der Waals surface area (Å²) >= 11 is 0. The molecule has 0 aliphatic carbocycles. The van der Waals surface area contributed by atoms with Crippen LogP contribution in [0.5, 0.6) is 0 Å². The largest absolute Gasteiger partial charge is 0.464 e. The monoisotopic (exact) mass is 423 g/mol. The van der Waals surface area contributed by atoms with Crippen LogP contribution in [0.2, 0.25) is 0 Å². The third-order valence-corrected chi connectivity index (χ3v) is 5.89. The van der Waals surface area contributed by atoms with Gasteiger partial charge in [0, 0.05) is 17.5 Å². The molecule has 162 valence electrons. The van der Waals surface area contributed by atoms with Gasteiger partial charge in [0.25, 0.3) is 0 Å². The summed E-state index contributed by atoms with van der Waals surface area (Å²) < 4.78 is 6.01. The van der Waals surface area contributed by atoms with Crippen LogP contribution < -0.4 is 5.32 Å². The third kappa shape index (κ3) is 4.75. The van der Waals surface area contributed by atoms with Crippen LogP contribution in [0.3, 0.4) is 0 Å². The Morgan fingerprint density at radius 2 is 1.62 bits per heavy atom. The molecule has 0 atom stereocenters. The average Bonchev–Trinajstić information content (AvgIpc) is 3.20. The van der Waals surface area contributed by atoms with Gasteiger partial charge < -0.3 is 14.6 Å². The summed E-state index contributed by atoms with van der Waals surface area (Å²) in [5.41, 5.74) is 8.51. The maximum absolute atomic E-state index is 9.20. The molecule has 4 nitrogen and oxygen atoms in total. The van der Waals surface area contributed by atoms with Gasteiger partial charge in [0.05, 0.1) is 17.9 Å². The smallest absolute Gasteiger partial charge is 0.134 e. The van der Waals surface area contributed by atoms with Crippen molar-refractivity contribution >= 4 is 11.0 Å². The number of benzene rings is 3. The average molecular weight is 424 g/mol. The molecule has 0 spiro atoms. The molecule has 4 heteroatoms. The van der Waals surface area contributed by atoms with Gasteiger partial charge in [-0.15, -0.1) is 0 Å². The molecule has 32 heavy (non-hydrogen) atoms. The van der Waals surface area contributed by atoms with E-state index in [9.17, 15) is 5.26 Å². The molecule has 0 saturated heterocycles. The molecule has 1 N–H and O–H groups in total. The van der Waals surface area contributed by atoms with Crippen molar-refractivity contribution in [2.75, 3.05) is 27.2 Å². The zero-order valence-corrected chi connectivity index (χ0v) is 19.0. The standard InChI is InChI=1S/C28H29N3O/c1-20-5-9-22(10-6-20)26-16-28-27(15-25(26)23-11-7-21(17-29)8-12-23)24(19-32-28)18-31(3)14-4-13-30-2/h5-12,15-16,19,30H,4,13-14,18H2,1-3H3. The lowest BCUT2D eigenvalue weighted by Gasteiger charge is -2.16. The Labute approximate surface area is 190 Å². The summed E-state index contributed by atoms with van der Waals surface area (Å²) in [7, 11) is 4.14. The predicted octanol–water partition coefficient (Wildman–Crippen LogP) is 5.99. The summed E-state index contributed by atoms with van der Waals surface area (Å²) in [4.78, 5) is 2.33. The van der Waals surface area contributed by atoms with Crippen LogP contribution in [0.15, 0.2) is 71.3 Å². The molecule has 0 aliphatic rings. The molecular weight excluding hydrogens is 394 g/mol. The second-order valence-corrected chi connectivity index (χ2v) is 8.40. The molecule has 3 aromatic carbocycles. The van der Waals surface area contributed by atoms with Crippen LogP contribution in [0.4, 0.5) is 0 Å². The first-order valence-corrected chi connectivity index (χ1v) is 11.0.